The molecule has 0 saturated carbocycles. The number of piperazine rings is 1. The van der Waals surface area contributed by atoms with Crippen LogP contribution in [0.25, 0.3) is 0 Å². The van der Waals surface area contributed by atoms with Crippen molar-refractivity contribution >= 4 is 21.8 Å². The van der Waals surface area contributed by atoms with E-state index in [0.717, 1.165) is 0 Å². The second-order valence-electron chi connectivity index (χ2n) is 8.91. The molecule has 2 heterocycles. The van der Waals surface area contributed by atoms with Gasteiger partial charge in [-0.1, -0.05) is 24.3 Å². The first-order valence-corrected chi connectivity index (χ1v) is 13.5. The maximum absolute atomic E-state index is 12.8. The number of hydrogen-bond donors (Lipinski definition) is 3. The average Bonchev–Trinajstić information content (AvgIpc) is 2.91. The van der Waals surface area contributed by atoms with Crippen molar-refractivity contribution in [3.63, 3.8) is 0 Å². The molecule has 0 bridgehead atoms. The lowest BCUT2D eigenvalue weighted by Gasteiger charge is -2.33. The summed E-state index contributed by atoms with van der Waals surface area (Å²) < 4.78 is 25.4. The number of amides is 2. The van der Waals surface area contributed by atoms with Crippen LogP contribution in [0.1, 0.15) is 38.8 Å². The third kappa shape index (κ3) is 5.90. The molecule has 3 N–H and O–H groups in total. The Hall–Kier alpha value is -2.79. The molecule has 1 unspecified atom stereocenters. The van der Waals surface area contributed by atoms with Crippen molar-refractivity contribution < 1.29 is 23.1 Å². The highest BCUT2D eigenvalue weighted by Crippen LogP contribution is 2.18. The first kappa shape index (κ1) is 25.3. The second-order valence-corrected chi connectivity index (χ2v) is 11.2. The van der Waals surface area contributed by atoms with Gasteiger partial charge in [-0.15, -0.1) is 0 Å². The largest absolute Gasteiger partial charge is 0.390 e. The minimum Gasteiger partial charge on any atom is -0.390 e. The number of nitrogens with zero attached hydrogens (tertiary/aromatic N) is 2. The van der Waals surface area contributed by atoms with Crippen molar-refractivity contribution in [3.05, 3.63) is 70.8 Å². The van der Waals surface area contributed by atoms with Gasteiger partial charge in [0.05, 0.1) is 11.9 Å². The Kier molecular flexibility index (Phi) is 7.85. The Balaban J connectivity index is 1.27. The van der Waals surface area contributed by atoms with Crippen molar-refractivity contribution in [1.82, 2.24) is 19.8 Å². The molecule has 2 aliphatic heterocycles. The van der Waals surface area contributed by atoms with Crippen LogP contribution in [0.2, 0.25) is 0 Å². The van der Waals surface area contributed by atoms with E-state index < -0.39 is 16.1 Å². The molecule has 2 aliphatic rings. The van der Waals surface area contributed by atoms with Crippen LogP contribution in [-0.2, 0) is 23.0 Å². The number of carbonyl (C=O) groups excluding carboxylic acids is 2. The molecule has 2 aromatic rings. The third-order valence-corrected chi connectivity index (χ3v) is 8.61. The number of rotatable bonds is 7. The summed E-state index contributed by atoms with van der Waals surface area (Å²) in [6.45, 7) is 3.64. The monoisotopic (exact) mass is 500 g/mol. The van der Waals surface area contributed by atoms with E-state index >= 15 is 0 Å². The van der Waals surface area contributed by atoms with Gasteiger partial charge >= 0.3 is 0 Å². The lowest BCUT2D eigenvalue weighted by Crippen LogP contribution is -2.50. The van der Waals surface area contributed by atoms with Gasteiger partial charge < -0.3 is 20.6 Å². The minimum atomic E-state index is -3.25. The number of benzene rings is 2. The molecule has 2 aromatic carbocycles. The summed E-state index contributed by atoms with van der Waals surface area (Å²) in [6, 6.07) is 14.3. The van der Waals surface area contributed by atoms with Gasteiger partial charge in [0, 0.05) is 56.4 Å². The molecule has 188 valence electrons. The Bertz CT molecular complexity index is 1160. The maximum Gasteiger partial charge on any atom is 0.253 e. The average molecular weight is 501 g/mol. The highest BCUT2D eigenvalue weighted by atomic mass is 32.2. The highest BCUT2D eigenvalue weighted by molar-refractivity contribution is 7.89. The fourth-order valence-corrected chi connectivity index (χ4v) is 5.58. The molecule has 9 nitrogen and oxygen atoms in total. The molecule has 1 saturated heterocycles. The predicted molar refractivity (Wildman–Crippen MR) is 132 cm³/mol. The molecular formula is C25H32N4O5S. The van der Waals surface area contributed by atoms with Gasteiger partial charge in [-0.2, -0.15) is 4.31 Å². The van der Waals surface area contributed by atoms with E-state index in [0.29, 0.717) is 37.2 Å². The third-order valence-electron chi connectivity index (χ3n) is 6.73. The molecule has 0 radical (unpaired) electrons. The van der Waals surface area contributed by atoms with Crippen molar-refractivity contribution in [2.75, 3.05) is 38.5 Å². The van der Waals surface area contributed by atoms with Crippen molar-refractivity contribution in [2.45, 2.75) is 32.0 Å². The van der Waals surface area contributed by atoms with Crippen LogP contribution < -0.4 is 10.6 Å². The molecule has 1 fully saturated rings. The number of aliphatic hydroxyl groups excluding tert-OH is 1. The van der Waals surface area contributed by atoms with Crippen LogP contribution in [-0.4, -0.2) is 85.2 Å². The summed E-state index contributed by atoms with van der Waals surface area (Å²) >= 11 is 0. The van der Waals surface area contributed by atoms with Crippen molar-refractivity contribution in [1.29, 1.82) is 0 Å². The predicted octanol–water partition coefficient (Wildman–Crippen LogP) is 0.599. The topological polar surface area (TPSA) is 119 Å². The zero-order chi connectivity index (χ0) is 25.0. The van der Waals surface area contributed by atoms with E-state index in [4.69, 9.17) is 0 Å². The summed E-state index contributed by atoms with van der Waals surface area (Å²) in [5.41, 5.74) is 3.27. The lowest BCUT2D eigenvalue weighted by molar-refractivity contribution is 0.0697. The molecule has 0 aromatic heterocycles. The summed E-state index contributed by atoms with van der Waals surface area (Å²) in [5.74, 6) is -0.464. The molecule has 10 heteroatoms. The van der Waals surface area contributed by atoms with Gasteiger partial charge in [0.2, 0.25) is 10.0 Å². The van der Waals surface area contributed by atoms with Gasteiger partial charge in [-0.05, 0) is 48.7 Å². The number of fused-ring (bicyclic) bond motifs is 1. The Morgan fingerprint density at radius 2 is 1.66 bits per heavy atom. The molecule has 2 atom stereocenters. The van der Waals surface area contributed by atoms with Crippen LogP contribution in [0.4, 0.5) is 0 Å². The molecule has 0 spiro atoms. The van der Waals surface area contributed by atoms with E-state index in [2.05, 4.69) is 22.8 Å². The Morgan fingerprint density at radius 1 is 1.03 bits per heavy atom. The minimum absolute atomic E-state index is 0.0482. The normalized spacial score (nSPS) is 19.6. The number of carbonyl (C=O) groups is 2. The molecule has 2 amide bonds. The lowest BCUT2D eigenvalue weighted by atomic mass is 9.93. The maximum atomic E-state index is 12.8. The quantitative estimate of drug-likeness (QED) is 0.512. The van der Waals surface area contributed by atoms with E-state index in [1.54, 1.807) is 36.1 Å². The van der Waals surface area contributed by atoms with Crippen LogP contribution >= 0.6 is 0 Å². The second kappa shape index (κ2) is 10.9. The van der Waals surface area contributed by atoms with Crippen LogP contribution in [0, 0.1) is 0 Å². The van der Waals surface area contributed by atoms with Gasteiger partial charge in [-0.25, -0.2) is 8.42 Å². The number of hydrogen-bond acceptors (Lipinski definition) is 6. The summed E-state index contributed by atoms with van der Waals surface area (Å²) in [5, 5.41) is 16.7. The summed E-state index contributed by atoms with van der Waals surface area (Å²) in [7, 11) is -3.25. The van der Waals surface area contributed by atoms with Gasteiger partial charge in [0.25, 0.3) is 11.8 Å². The zero-order valence-electron chi connectivity index (χ0n) is 19.8. The number of nitrogens with one attached hydrogen (secondary N) is 2. The van der Waals surface area contributed by atoms with E-state index in [1.807, 2.05) is 12.1 Å². The van der Waals surface area contributed by atoms with Gasteiger partial charge in [-0.3, -0.25) is 9.59 Å². The number of aliphatic hydroxyl groups is 1. The SMILES string of the molecule is CCS(=O)(=O)N1CCN(C(=O)c2ccc(C(=O)NCC(O)[C@@H]3Cc4ccccc4CN3)cc2)CC1. The molecule has 4 rings (SSSR count). The highest BCUT2D eigenvalue weighted by Gasteiger charge is 2.28. The fourth-order valence-electron chi connectivity index (χ4n) is 4.49. The van der Waals surface area contributed by atoms with E-state index in [1.165, 1.54) is 15.4 Å². The standard InChI is InChI=1S/C25H32N4O5S/c1-2-35(33,34)29-13-11-28(12-14-29)25(32)19-9-7-18(8-10-19)24(31)27-17-23(30)22-15-20-5-3-4-6-21(20)16-26-22/h3-10,22-23,26,30H,2,11-17H2,1H3,(H,27,31)/t22-,23?/m0/s1. The van der Waals surface area contributed by atoms with Gasteiger partial charge in [0.15, 0.2) is 0 Å². The summed E-state index contributed by atoms with van der Waals surface area (Å²) in [4.78, 5) is 27.0. The van der Waals surface area contributed by atoms with E-state index in [-0.39, 0.29) is 43.2 Å². The van der Waals surface area contributed by atoms with Crippen LogP contribution in [0.5, 0.6) is 0 Å². The van der Waals surface area contributed by atoms with Gasteiger partial charge in [0.1, 0.15) is 0 Å². The fraction of sp³-hybridized carbons (Fsp3) is 0.440. The first-order valence-electron chi connectivity index (χ1n) is 11.9. The van der Waals surface area contributed by atoms with Crippen LogP contribution in [0.15, 0.2) is 48.5 Å². The van der Waals surface area contributed by atoms with Crippen molar-refractivity contribution in [2.24, 2.45) is 0 Å². The van der Waals surface area contributed by atoms with Crippen molar-refractivity contribution in [3.8, 4) is 0 Å². The molecule has 35 heavy (non-hydrogen) atoms. The molecule has 0 aliphatic carbocycles. The Morgan fingerprint density at radius 3 is 2.31 bits per heavy atom. The zero-order valence-corrected chi connectivity index (χ0v) is 20.6. The van der Waals surface area contributed by atoms with E-state index in [9.17, 15) is 23.1 Å². The first-order chi connectivity index (χ1) is 16.8. The Labute approximate surface area is 206 Å². The number of sulfonamides is 1. The van der Waals surface area contributed by atoms with Crippen LogP contribution in [0.3, 0.4) is 0 Å². The molecular weight excluding hydrogens is 468 g/mol. The summed E-state index contributed by atoms with van der Waals surface area (Å²) in [6.07, 6.45) is -0.0359. The smallest absolute Gasteiger partial charge is 0.253 e.